The number of para-hydroxylation sites is 1. The molecule has 28 heavy (non-hydrogen) atoms. The molecule has 1 aromatic rings. The van der Waals surface area contributed by atoms with Crippen LogP contribution in [-0.4, -0.2) is 60.8 Å². The summed E-state index contributed by atoms with van der Waals surface area (Å²) < 4.78 is 11.9. The number of urea groups is 1. The average molecular weight is 387 g/mol. The Kier molecular flexibility index (Phi) is 5.19. The Morgan fingerprint density at radius 2 is 2.11 bits per heavy atom. The molecule has 4 rings (SSSR count). The number of fused-ring (bicyclic) bond motifs is 1. The van der Waals surface area contributed by atoms with Crippen LogP contribution in [0.4, 0.5) is 4.79 Å². The van der Waals surface area contributed by atoms with E-state index in [0.717, 1.165) is 12.8 Å². The maximum atomic E-state index is 12.4. The van der Waals surface area contributed by atoms with Gasteiger partial charge in [-0.3, -0.25) is 4.79 Å². The predicted octanol–water partition coefficient (Wildman–Crippen LogP) is 1.78. The zero-order valence-corrected chi connectivity index (χ0v) is 16.5. The van der Waals surface area contributed by atoms with E-state index < -0.39 is 0 Å². The molecule has 1 spiro atoms. The molecule has 3 aliphatic heterocycles. The lowest BCUT2D eigenvalue weighted by Gasteiger charge is -2.29. The molecule has 0 radical (unpaired) electrons. The van der Waals surface area contributed by atoms with Crippen LogP contribution in [0.3, 0.4) is 0 Å². The number of hydrogen-bond acceptors (Lipinski definition) is 4. The predicted molar refractivity (Wildman–Crippen MR) is 104 cm³/mol. The Morgan fingerprint density at radius 3 is 2.86 bits per heavy atom. The third kappa shape index (κ3) is 3.68. The Morgan fingerprint density at radius 1 is 1.32 bits per heavy atom. The van der Waals surface area contributed by atoms with Crippen molar-refractivity contribution in [2.45, 2.75) is 44.4 Å². The summed E-state index contributed by atoms with van der Waals surface area (Å²) in [5, 5.41) is 5.97. The van der Waals surface area contributed by atoms with Crippen molar-refractivity contribution in [3.63, 3.8) is 0 Å². The van der Waals surface area contributed by atoms with E-state index in [2.05, 4.69) is 10.6 Å². The second-order valence-corrected chi connectivity index (χ2v) is 8.42. The van der Waals surface area contributed by atoms with Gasteiger partial charge in [0.15, 0.2) is 6.61 Å². The summed E-state index contributed by atoms with van der Waals surface area (Å²) in [4.78, 5) is 26.5. The van der Waals surface area contributed by atoms with Crippen molar-refractivity contribution in [2.75, 3.05) is 26.2 Å². The second-order valence-electron chi connectivity index (χ2n) is 8.42. The summed E-state index contributed by atoms with van der Waals surface area (Å²) in [6.45, 7) is 5.83. The zero-order chi connectivity index (χ0) is 19.7. The lowest BCUT2D eigenvalue weighted by atomic mass is 9.73. The maximum absolute atomic E-state index is 12.4. The second kappa shape index (κ2) is 7.62. The molecule has 2 bridgehead atoms. The van der Waals surface area contributed by atoms with Gasteiger partial charge in [-0.25, -0.2) is 4.79 Å². The van der Waals surface area contributed by atoms with E-state index >= 15 is 0 Å². The molecule has 3 heterocycles. The Hall–Kier alpha value is -2.28. The first-order valence-electron chi connectivity index (χ1n) is 10.1. The fraction of sp³-hybridized carbons (Fsp3) is 0.619. The highest BCUT2D eigenvalue weighted by molar-refractivity contribution is 5.77. The Labute approximate surface area is 165 Å². The molecule has 3 aliphatic rings. The summed E-state index contributed by atoms with van der Waals surface area (Å²) in [7, 11) is 0. The number of likely N-dealkylation sites (tertiary alicyclic amines) is 1. The van der Waals surface area contributed by atoms with E-state index in [1.165, 1.54) is 0 Å². The summed E-state index contributed by atoms with van der Waals surface area (Å²) in [6.07, 6.45) is 2.17. The molecule has 0 aliphatic carbocycles. The molecule has 0 unspecified atom stereocenters. The Balaban J connectivity index is 1.30. The van der Waals surface area contributed by atoms with Crippen molar-refractivity contribution >= 4 is 11.9 Å². The standard InChI is InChI=1S/C21H29N3O4/c1-14(2)23-20(26)24-11-17-16(18-8-9-21(17,13-24)28-18)10-22-19(25)12-27-15-6-4-3-5-7-15/h3-7,14,16-18H,8-13H2,1-2H3,(H,22,25)(H,23,26)/t16-,17+,18+,21+/m0/s1. The number of rotatable bonds is 6. The van der Waals surface area contributed by atoms with Gasteiger partial charge in [0.2, 0.25) is 0 Å². The van der Waals surface area contributed by atoms with Crippen molar-refractivity contribution in [1.82, 2.24) is 15.5 Å². The van der Waals surface area contributed by atoms with E-state index in [1.54, 1.807) is 0 Å². The van der Waals surface area contributed by atoms with Crippen LogP contribution in [0.5, 0.6) is 5.75 Å². The molecular weight excluding hydrogens is 358 g/mol. The highest BCUT2D eigenvalue weighted by Gasteiger charge is 2.63. The number of nitrogens with one attached hydrogen (secondary N) is 2. The minimum absolute atomic E-state index is 0.000978. The molecule has 0 saturated carbocycles. The third-order valence-corrected chi connectivity index (χ3v) is 6.13. The fourth-order valence-electron chi connectivity index (χ4n) is 4.90. The molecular formula is C21H29N3O4. The first kappa shape index (κ1) is 19.1. The summed E-state index contributed by atoms with van der Waals surface area (Å²) in [5.41, 5.74) is -0.227. The van der Waals surface area contributed by atoms with Crippen molar-refractivity contribution in [2.24, 2.45) is 11.8 Å². The van der Waals surface area contributed by atoms with E-state index in [0.29, 0.717) is 25.4 Å². The molecule has 2 N–H and O–H groups in total. The van der Waals surface area contributed by atoms with Crippen molar-refractivity contribution in [3.05, 3.63) is 30.3 Å². The van der Waals surface area contributed by atoms with Crippen molar-refractivity contribution < 1.29 is 19.1 Å². The van der Waals surface area contributed by atoms with Gasteiger partial charge in [0.05, 0.1) is 18.2 Å². The number of amides is 3. The molecule has 7 nitrogen and oxygen atoms in total. The molecule has 0 aromatic heterocycles. The van der Waals surface area contributed by atoms with Crippen LogP contribution in [0, 0.1) is 11.8 Å². The van der Waals surface area contributed by atoms with Crippen molar-refractivity contribution in [1.29, 1.82) is 0 Å². The molecule has 3 saturated heterocycles. The summed E-state index contributed by atoms with van der Waals surface area (Å²) in [5.74, 6) is 1.07. The summed E-state index contributed by atoms with van der Waals surface area (Å²) >= 11 is 0. The van der Waals surface area contributed by atoms with Crippen molar-refractivity contribution in [3.8, 4) is 5.75 Å². The van der Waals surface area contributed by atoms with Crippen LogP contribution in [0.2, 0.25) is 0 Å². The first-order chi connectivity index (χ1) is 13.5. The van der Waals surface area contributed by atoms with Gasteiger partial charge >= 0.3 is 6.03 Å². The van der Waals surface area contributed by atoms with Crippen LogP contribution in [0.15, 0.2) is 30.3 Å². The van der Waals surface area contributed by atoms with E-state index in [9.17, 15) is 9.59 Å². The van der Waals surface area contributed by atoms with Gasteiger partial charge < -0.3 is 25.0 Å². The lowest BCUT2D eigenvalue weighted by Crippen LogP contribution is -2.44. The monoisotopic (exact) mass is 387 g/mol. The average Bonchev–Trinajstić information content (AvgIpc) is 3.33. The molecule has 152 valence electrons. The largest absolute Gasteiger partial charge is 0.484 e. The van der Waals surface area contributed by atoms with Gasteiger partial charge in [-0.05, 0) is 38.8 Å². The number of carbonyl (C=O) groups is 2. The van der Waals surface area contributed by atoms with Crippen LogP contribution in [0.1, 0.15) is 26.7 Å². The van der Waals surface area contributed by atoms with Crippen LogP contribution in [-0.2, 0) is 9.53 Å². The quantitative estimate of drug-likeness (QED) is 0.780. The maximum Gasteiger partial charge on any atom is 0.317 e. The minimum Gasteiger partial charge on any atom is -0.484 e. The highest BCUT2D eigenvalue weighted by atomic mass is 16.5. The number of carbonyl (C=O) groups excluding carboxylic acids is 2. The van der Waals surface area contributed by atoms with Crippen LogP contribution in [0.25, 0.3) is 0 Å². The van der Waals surface area contributed by atoms with Gasteiger partial charge in [0.1, 0.15) is 5.75 Å². The lowest BCUT2D eigenvalue weighted by molar-refractivity contribution is -0.123. The normalized spacial score (nSPS) is 30.4. The number of ether oxygens (including phenoxy) is 2. The number of benzene rings is 1. The molecule has 4 atom stereocenters. The number of hydrogen-bond donors (Lipinski definition) is 2. The SMILES string of the molecule is CC(C)NC(=O)N1C[C@@H]2[C@H](CNC(=O)COc3ccccc3)[C@H]3CC[C@]2(C1)O3. The minimum atomic E-state index is -0.227. The smallest absolute Gasteiger partial charge is 0.317 e. The van der Waals surface area contributed by atoms with E-state index in [-0.39, 0.29) is 48.1 Å². The topological polar surface area (TPSA) is 79.9 Å². The molecule has 7 heteroatoms. The molecule has 3 amide bonds. The summed E-state index contributed by atoms with van der Waals surface area (Å²) in [6, 6.07) is 9.41. The zero-order valence-electron chi connectivity index (χ0n) is 16.5. The third-order valence-electron chi connectivity index (χ3n) is 6.13. The van der Waals surface area contributed by atoms with E-state index in [4.69, 9.17) is 9.47 Å². The van der Waals surface area contributed by atoms with Gasteiger partial charge in [0, 0.05) is 31.0 Å². The number of nitrogens with zero attached hydrogens (tertiary/aromatic N) is 1. The Bertz CT molecular complexity index is 726. The fourth-order valence-corrected chi connectivity index (χ4v) is 4.90. The molecule has 1 aromatic carbocycles. The van der Waals surface area contributed by atoms with Gasteiger partial charge in [-0.2, -0.15) is 0 Å². The van der Waals surface area contributed by atoms with Gasteiger partial charge in [-0.1, -0.05) is 18.2 Å². The highest BCUT2D eigenvalue weighted by Crippen LogP contribution is 2.54. The van der Waals surface area contributed by atoms with E-state index in [1.807, 2.05) is 49.1 Å². The molecule has 3 fully saturated rings. The first-order valence-corrected chi connectivity index (χ1v) is 10.1. The van der Waals surface area contributed by atoms with Crippen LogP contribution >= 0.6 is 0 Å². The van der Waals surface area contributed by atoms with Gasteiger partial charge in [0.25, 0.3) is 5.91 Å². The van der Waals surface area contributed by atoms with Crippen LogP contribution < -0.4 is 15.4 Å². The van der Waals surface area contributed by atoms with Gasteiger partial charge in [-0.15, -0.1) is 0 Å².